The van der Waals surface area contributed by atoms with E-state index >= 15 is 0 Å². The molecule has 0 heterocycles. The standard InChI is InChI=1S/C16H20N2O2/c1-20-14-8-4-3-7-13(14)11-18-15(19)16(12-17)9-5-2-6-10-16/h3-4,7-8H,2,5-6,9-11H2,1H3,(H,18,19). The molecule has 0 spiro atoms. The fraction of sp³-hybridized carbons (Fsp3) is 0.500. The Morgan fingerprint density at radius 1 is 1.35 bits per heavy atom. The second kappa shape index (κ2) is 6.42. The molecule has 4 nitrogen and oxygen atoms in total. The molecule has 0 unspecified atom stereocenters. The maximum atomic E-state index is 12.3. The smallest absolute Gasteiger partial charge is 0.240 e. The SMILES string of the molecule is COc1ccccc1CNC(=O)C1(C#N)CCCCC1. The number of carbonyl (C=O) groups excluding carboxylic acids is 1. The van der Waals surface area contributed by atoms with Gasteiger partial charge < -0.3 is 10.1 Å². The van der Waals surface area contributed by atoms with Crippen LogP contribution in [0.2, 0.25) is 0 Å². The van der Waals surface area contributed by atoms with Crippen LogP contribution in [0.15, 0.2) is 24.3 Å². The lowest BCUT2D eigenvalue weighted by Crippen LogP contribution is -2.41. The van der Waals surface area contributed by atoms with Gasteiger partial charge in [-0.1, -0.05) is 37.5 Å². The van der Waals surface area contributed by atoms with Crippen LogP contribution in [0.1, 0.15) is 37.7 Å². The molecule has 1 aliphatic rings. The highest BCUT2D eigenvalue weighted by molar-refractivity contribution is 5.85. The van der Waals surface area contributed by atoms with E-state index in [9.17, 15) is 10.1 Å². The molecule has 1 saturated carbocycles. The van der Waals surface area contributed by atoms with Gasteiger partial charge in [0.05, 0.1) is 13.2 Å². The van der Waals surface area contributed by atoms with Gasteiger partial charge in [0.15, 0.2) is 0 Å². The number of rotatable bonds is 4. The Bertz CT molecular complexity index is 513. The van der Waals surface area contributed by atoms with E-state index in [0.717, 1.165) is 30.6 Å². The zero-order valence-electron chi connectivity index (χ0n) is 11.8. The van der Waals surface area contributed by atoms with Crippen molar-refractivity contribution in [2.24, 2.45) is 5.41 Å². The largest absolute Gasteiger partial charge is 0.496 e. The van der Waals surface area contributed by atoms with Gasteiger partial charge in [-0.3, -0.25) is 4.79 Å². The molecule has 0 aliphatic heterocycles. The lowest BCUT2D eigenvalue weighted by molar-refractivity contribution is -0.129. The maximum absolute atomic E-state index is 12.3. The first-order valence-electron chi connectivity index (χ1n) is 7.03. The number of benzene rings is 1. The molecule has 2 rings (SSSR count). The first kappa shape index (κ1) is 14.4. The van der Waals surface area contributed by atoms with Gasteiger partial charge in [0, 0.05) is 12.1 Å². The molecule has 0 aromatic heterocycles. The van der Waals surface area contributed by atoms with Crippen molar-refractivity contribution in [3.8, 4) is 11.8 Å². The van der Waals surface area contributed by atoms with Gasteiger partial charge in [-0.15, -0.1) is 0 Å². The van der Waals surface area contributed by atoms with Gasteiger partial charge in [0.2, 0.25) is 5.91 Å². The lowest BCUT2D eigenvalue weighted by atomic mass is 9.74. The van der Waals surface area contributed by atoms with Crippen LogP contribution in [-0.4, -0.2) is 13.0 Å². The predicted octanol–water partition coefficient (Wildman–Crippen LogP) is 2.79. The number of ether oxygens (including phenoxy) is 1. The minimum absolute atomic E-state index is 0.148. The van der Waals surface area contributed by atoms with E-state index in [1.165, 1.54) is 0 Å². The minimum atomic E-state index is -0.833. The van der Waals surface area contributed by atoms with Crippen molar-refractivity contribution < 1.29 is 9.53 Å². The van der Waals surface area contributed by atoms with Crippen molar-refractivity contribution in [2.75, 3.05) is 7.11 Å². The Morgan fingerprint density at radius 3 is 2.70 bits per heavy atom. The predicted molar refractivity (Wildman–Crippen MR) is 76.0 cm³/mol. The summed E-state index contributed by atoms with van der Waals surface area (Å²) in [7, 11) is 1.61. The van der Waals surface area contributed by atoms with Crippen LogP contribution in [-0.2, 0) is 11.3 Å². The first-order valence-corrected chi connectivity index (χ1v) is 7.03. The molecular formula is C16H20N2O2. The molecule has 0 saturated heterocycles. The number of nitrogens with zero attached hydrogens (tertiary/aromatic N) is 1. The number of nitrogens with one attached hydrogen (secondary N) is 1. The van der Waals surface area contributed by atoms with E-state index in [0.29, 0.717) is 19.4 Å². The van der Waals surface area contributed by atoms with E-state index in [1.54, 1.807) is 7.11 Å². The second-order valence-electron chi connectivity index (χ2n) is 5.25. The third kappa shape index (κ3) is 2.93. The monoisotopic (exact) mass is 272 g/mol. The average molecular weight is 272 g/mol. The first-order chi connectivity index (χ1) is 9.72. The van der Waals surface area contributed by atoms with Gasteiger partial charge in [0.25, 0.3) is 0 Å². The Labute approximate surface area is 119 Å². The zero-order chi connectivity index (χ0) is 14.4. The molecule has 1 N–H and O–H groups in total. The van der Waals surface area contributed by atoms with Gasteiger partial charge in [-0.2, -0.15) is 5.26 Å². The Morgan fingerprint density at radius 2 is 2.05 bits per heavy atom. The van der Waals surface area contributed by atoms with Crippen molar-refractivity contribution in [3.63, 3.8) is 0 Å². The van der Waals surface area contributed by atoms with Crippen molar-refractivity contribution in [2.45, 2.75) is 38.6 Å². The maximum Gasteiger partial charge on any atom is 0.240 e. The Hall–Kier alpha value is -2.02. The van der Waals surface area contributed by atoms with E-state index in [4.69, 9.17) is 4.74 Å². The molecule has 0 radical (unpaired) electrons. The molecule has 106 valence electrons. The molecular weight excluding hydrogens is 252 g/mol. The van der Waals surface area contributed by atoms with Crippen LogP contribution in [0.25, 0.3) is 0 Å². The zero-order valence-corrected chi connectivity index (χ0v) is 11.8. The summed E-state index contributed by atoms with van der Waals surface area (Å²) in [6.45, 7) is 0.395. The molecule has 1 aromatic carbocycles. The fourth-order valence-corrected chi connectivity index (χ4v) is 2.74. The third-order valence-electron chi connectivity index (χ3n) is 3.99. The van der Waals surface area contributed by atoms with Gasteiger partial charge >= 0.3 is 0 Å². The summed E-state index contributed by atoms with van der Waals surface area (Å²) in [6.07, 6.45) is 4.36. The summed E-state index contributed by atoms with van der Waals surface area (Å²) in [4.78, 5) is 12.3. The van der Waals surface area contributed by atoms with Crippen molar-refractivity contribution >= 4 is 5.91 Å². The van der Waals surface area contributed by atoms with Crippen LogP contribution in [0.3, 0.4) is 0 Å². The third-order valence-corrected chi connectivity index (χ3v) is 3.99. The Kier molecular flexibility index (Phi) is 4.62. The Balaban J connectivity index is 2.03. The summed E-state index contributed by atoms with van der Waals surface area (Å²) < 4.78 is 5.26. The number of hydrogen-bond donors (Lipinski definition) is 1. The highest BCUT2D eigenvalue weighted by Crippen LogP contribution is 2.36. The van der Waals surface area contributed by atoms with Crippen LogP contribution in [0.4, 0.5) is 0 Å². The normalized spacial score (nSPS) is 17.0. The number of nitriles is 1. The molecule has 1 amide bonds. The number of hydrogen-bond acceptors (Lipinski definition) is 3. The summed E-state index contributed by atoms with van der Waals surface area (Å²) >= 11 is 0. The number of carbonyl (C=O) groups is 1. The molecule has 0 bridgehead atoms. The van der Waals surface area contributed by atoms with Crippen molar-refractivity contribution in [3.05, 3.63) is 29.8 Å². The van der Waals surface area contributed by atoms with E-state index in [2.05, 4.69) is 11.4 Å². The fourth-order valence-electron chi connectivity index (χ4n) is 2.74. The summed E-state index contributed by atoms with van der Waals surface area (Å²) in [5.74, 6) is 0.605. The number of para-hydroxylation sites is 1. The highest BCUT2D eigenvalue weighted by Gasteiger charge is 2.39. The van der Waals surface area contributed by atoms with Gasteiger partial charge in [-0.05, 0) is 18.9 Å². The molecule has 20 heavy (non-hydrogen) atoms. The second-order valence-corrected chi connectivity index (χ2v) is 5.25. The summed E-state index contributed by atoms with van der Waals surface area (Å²) in [5.41, 5.74) is 0.0903. The average Bonchev–Trinajstić information content (AvgIpc) is 2.53. The van der Waals surface area contributed by atoms with Gasteiger partial charge in [-0.25, -0.2) is 0 Å². The molecule has 1 fully saturated rings. The summed E-state index contributed by atoms with van der Waals surface area (Å²) in [5, 5.41) is 12.3. The van der Waals surface area contributed by atoms with E-state index in [-0.39, 0.29) is 5.91 Å². The summed E-state index contributed by atoms with van der Waals surface area (Å²) in [6, 6.07) is 9.82. The number of amides is 1. The molecule has 0 atom stereocenters. The molecule has 4 heteroatoms. The van der Waals surface area contributed by atoms with Crippen molar-refractivity contribution in [1.29, 1.82) is 5.26 Å². The van der Waals surface area contributed by atoms with Gasteiger partial charge in [0.1, 0.15) is 11.2 Å². The van der Waals surface area contributed by atoms with E-state index in [1.807, 2.05) is 24.3 Å². The minimum Gasteiger partial charge on any atom is -0.496 e. The van der Waals surface area contributed by atoms with E-state index < -0.39 is 5.41 Å². The van der Waals surface area contributed by atoms with Crippen LogP contribution in [0, 0.1) is 16.7 Å². The number of methoxy groups -OCH3 is 1. The molecule has 1 aliphatic carbocycles. The van der Waals surface area contributed by atoms with Crippen molar-refractivity contribution in [1.82, 2.24) is 5.32 Å². The van der Waals surface area contributed by atoms with Crippen LogP contribution >= 0.6 is 0 Å². The van der Waals surface area contributed by atoms with Crippen LogP contribution in [0.5, 0.6) is 5.75 Å². The van der Waals surface area contributed by atoms with Crippen LogP contribution < -0.4 is 10.1 Å². The topological polar surface area (TPSA) is 62.1 Å². The molecule has 1 aromatic rings. The lowest BCUT2D eigenvalue weighted by Gasteiger charge is -2.29. The highest BCUT2D eigenvalue weighted by atomic mass is 16.5. The quantitative estimate of drug-likeness (QED) is 0.916.